The van der Waals surface area contributed by atoms with E-state index in [2.05, 4.69) is 5.32 Å². The summed E-state index contributed by atoms with van der Waals surface area (Å²) in [4.78, 5) is 11.7. The number of hydrogen-bond donors (Lipinski definition) is 3. The lowest BCUT2D eigenvalue weighted by Gasteiger charge is -2.06. The molecule has 3 N–H and O–H groups in total. The summed E-state index contributed by atoms with van der Waals surface area (Å²) in [7, 11) is 0. The Labute approximate surface area is 112 Å². The molecule has 100 valence electrons. The van der Waals surface area contributed by atoms with Gasteiger partial charge in [0.05, 0.1) is 0 Å². The zero-order chi connectivity index (χ0) is 13.4. The van der Waals surface area contributed by atoms with Gasteiger partial charge in [-0.15, -0.1) is 11.6 Å². The average molecular weight is 272 g/mol. The van der Waals surface area contributed by atoms with E-state index in [1.165, 1.54) is 18.2 Å². The molecule has 0 unspecified atom stereocenters. The number of nitrogens with one attached hydrogen (secondary N) is 1. The predicted octanol–water partition coefficient (Wildman–Crippen LogP) is 2.63. The molecular formula is C13H18ClNO3. The number of phenols is 2. The number of rotatable bonds is 7. The summed E-state index contributed by atoms with van der Waals surface area (Å²) in [5, 5.41) is 21.3. The van der Waals surface area contributed by atoms with Crippen molar-refractivity contribution in [1.29, 1.82) is 0 Å². The van der Waals surface area contributed by atoms with Gasteiger partial charge in [-0.1, -0.05) is 12.8 Å². The van der Waals surface area contributed by atoms with Crippen LogP contribution in [0.3, 0.4) is 0 Å². The Hall–Kier alpha value is -1.42. The third-order valence-corrected chi connectivity index (χ3v) is 2.78. The topological polar surface area (TPSA) is 69.6 Å². The number of amides is 1. The molecule has 1 aromatic rings. The molecule has 5 heteroatoms. The molecule has 0 heterocycles. The third-order valence-electron chi connectivity index (χ3n) is 2.51. The van der Waals surface area contributed by atoms with Crippen LogP contribution in [-0.4, -0.2) is 28.5 Å². The molecule has 0 aliphatic carbocycles. The molecule has 0 fully saturated rings. The fraction of sp³-hybridized carbons (Fsp3) is 0.462. The Morgan fingerprint density at radius 3 is 2.28 bits per heavy atom. The molecule has 1 rings (SSSR count). The molecule has 0 aliphatic rings. The number of halogens is 1. The molecule has 1 aromatic carbocycles. The Morgan fingerprint density at radius 2 is 1.67 bits per heavy atom. The van der Waals surface area contributed by atoms with Gasteiger partial charge in [0.25, 0.3) is 5.91 Å². The number of carbonyl (C=O) groups excluding carboxylic acids is 1. The Kier molecular flexibility index (Phi) is 6.36. The summed E-state index contributed by atoms with van der Waals surface area (Å²) in [5.74, 6) is 0.137. The Bertz CT molecular complexity index is 376. The van der Waals surface area contributed by atoms with Crippen molar-refractivity contribution in [2.24, 2.45) is 0 Å². The van der Waals surface area contributed by atoms with Crippen molar-refractivity contribution < 1.29 is 15.0 Å². The van der Waals surface area contributed by atoms with Crippen LogP contribution < -0.4 is 5.32 Å². The van der Waals surface area contributed by atoms with Crippen LogP contribution in [0.4, 0.5) is 0 Å². The number of phenolic OH excluding ortho intramolecular Hbond substituents is 2. The van der Waals surface area contributed by atoms with Gasteiger partial charge >= 0.3 is 0 Å². The highest BCUT2D eigenvalue weighted by molar-refractivity contribution is 6.17. The van der Waals surface area contributed by atoms with Gasteiger partial charge in [0.1, 0.15) is 11.5 Å². The second-order valence-electron chi connectivity index (χ2n) is 4.10. The van der Waals surface area contributed by atoms with E-state index in [1.807, 2.05) is 0 Å². The molecule has 18 heavy (non-hydrogen) atoms. The summed E-state index contributed by atoms with van der Waals surface area (Å²) < 4.78 is 0. The first kappa shape index (κ1) is 14.6. The zero-order valence-corrected chi connectivity index (χ0v) is 10.9. The number of unbranched alkanes of at least 4 members (excludes halogenated alkanes) is 3. The molecule has 4 nitrogen and oxygen atoms in total. The second-order valence-corrected chi connectivity index (χ2v) is 4.48. The minimum atomic E-state index is -0.293. The first-order valence-corrected chi connectivity index (χ1v) is 6.54. The molecule has 1 amide bonds. The van der Waals surface area contributed by atoms with Gasteiger partial charge in [-0.2, -0.15) is 0 Å². The molecular weight excluding hydrogens is 254 g/mol. The van der Waals surface area contributed by atoms with E-state index in [0.717, 1.165) is 25.7 Å². The monoisotopic (exact) mass is 271 g/mol. The highest BCUT2D eigenvalue weighted by Gasteiger charge is 2.07. The van der Waals surface area contributed by atoms with Crippen LogP contribution in [0.2, 0.25) is 0 Å². The van der Waals surface area contributed by atoms with Gasteiger partial charge in [0.2, 0.25) is 0 Å². The lowest BCUT2D eigenvalue weighted by molar-refractivity contribution is 0.0952. The van der Waals surface area contributed by atoms with Gasteiger partial charge in [-0.25, -0.2) is 0 Å². The highest BCUT2D eigenvalue weighted by atomic mass is 35.5. The lowest BCUT2D eigenvalue weighted by atomic mass is 10.1. The summed E-state index contributed by atoms with van der Waals surface area (Å²) >= 11 is 5.56. The van der Waals surface area contributed by atoms with Crippen LogP contribution in [0.25, 0.3) is 0 Å². The van der Waals surface area contributed by atoms with Crippen LogP contribution in [0.1, 0.15) is 36.0 Å². The minimum absolute atomic E-state index is 0.123. The third kappa shape index (κ3) is 5.27. The van der Waals surface area contributed by atoms with Crippen LogP contribution >= 0.6 is 11.6 Å². The number of alkyl halides is 1. The van der Waals surface area contributed by atoms with E-state index in [9.17, 15) is 15.0 Å². The van der Waals surface area contributed by atoms with Crippen LogP contribution in [0.15, 0.2) is 18.2 Å². The molecule has 0 saturated heterocycles. The fourth-order valence-corrected chi connectivity index (χ4v) is 1.79. The molecule has 0 bridgehead atoms. The first-order chi connectivity index (χ1) is 8.63. The first-order valence-electron chi connectivity index (χ1n) is 6.00. The molecule has 0 aromatic heterocycles. The quantitative estimate of drug-likeness (QED) is 0.527. The van der Waals surface area contributed by atoms with E-state index in [4.69, 9.17) is 11.6 Å². The SMILES string of the molecule is O=C(NCCCCCCCl)c1cc(O)cc(O)c1. The maximum atomic E-state index is 11.7. The van der Waals surface area contributed by atoms with Crippen molar-refractivity contribution in [1.82, 2.24) is 5.32 Å². The maximum Gasteiger partial charge on any atom is 0.251 e. The summed E-state index contributed by atoms with van der Waals surface area (Å²) in [6.45, 7) is 0.581. The van der Waals surface area contributed by atoms with Crippen molar-refractivity contribution >= 4 is 17.5 Å². The van der Waals surface area contributed by atoms with Crippen molar-refractivity contribution in [3.05, 3.63) is 23.8 Å². The Balaban J connectivity index is 2.32. The van der Waals surface area contributed by atoms with Crippen molar-refractivity contribution in [2.75, 3.05) is 12.4 Å². The Morgan fingerprint density at radius 1 is 1.06 bits per heavy atom. The van der Waals surface area contributed by atoms with Crippen LogP contribution in [-0.2, 0) is 0 Å². The molecule has 0 atom stereocenters. The fourth-order valence-electron chi connectivity index (χ4n) is 1.60. The van der Waals surface area contributed by atoms with Gasteiger partial charge in [0.15, 0.2) is 0 Å². The summed E-state index contributed by atoms with van der Waals surface area (Å²) in [6.07, 6.45) is 3.98. The van der Waals surface area contributed by atoms with Crippen LogP contribution in [0, 0.1) is 0 Å². The van der Waals surface area contributed by atoms with Crippen molar-refractivity contribution in [2.45, 2.75) is 25.7 Å². The van der Waals surface area contributed by atoms with E-state index < -0.39 is 0 Å². The van der Waals surface area contributed by atoms with Crippen molar-refractivity contribution in [3.63, 3.8) is 0 Å². The molecule has 0 saturated carbocycles. The maximum absolute atomic E-state index is 11.7. The van der Waals surface area contributed by atoms with Gasteiger partial charge in [-0.3, -0.25) is 4.79 Å². The number of carbonyl (C=O) groups is 1. The normalized spacial score (nSPS) is 10.3. The standard InChI is InChI=1S/C13H18ClNO3/c14-5-3-1-2-4-6-15-13(18)10-7-11(16)9-12(17)8-10/h7-9,16-17H,1-6H2,(H,15,18). The second kappa shape index (κ2) is 7.82. The van der Waals surface area contributed by atoms with E-state index in [0.29, 0.717) is 12.4 Å². The smallest absolute Gasteiger partial charge is 0.251 e. The summed E-state index contributed by atoms with van der Waals surface area (Å²) in [5.41, 5.74) is 0.258. The van der Waals surface area contributed by atoms with Gasteiger partial charge in [-0.05, 0) is 25.0 Å². The predicted molar refractivity (Wildman–Crippen MR) is 71.3 cm³/mol. The number of aromatic hydroxyl groups is 2. The summed E-state index contributed by atoms with van der Waals surface area (Å²) in [6, 6.07) is 3.83. The largest absolute Gasteiger partial charge is 0.508 e. The lowest BCUT2D eigenvalue weighted by Crippen LogP contribution is -2.24. The van der Waals surface area contributed by atoms with Crippen LogP contribution in [0.5, 0.6) is 11.5 Å². The zero-order valence-electron chi connectivity index (χ0n) is 10.2. The van der Waals surface area contributed by atoms with Crippen molar-refractivity contribution in [3.8, 4) is 11.5 Å². The number of benzene rings is 1. The average Bonchev–Trinajstić information content (AvgIpc) is 2.32. The van der Waals surface area contributed by atoms with E-state index >= 15 is 0 Å². The molecule has 0 aliphatic heterocycles. The molecule has 0 spiro atoms. The van der Waals surface area contributed by atoms with E-state index in [-0.39, 0.29) is 23.0 Å². The molecule has 0 radical (unpaired) electrons. The van der Waals surface area contributed by atoms with Gasteiger partial charge < -0.3 is 15.5 Å². The number of hydrogen-bond acceptors (Lipinski definition) is 3. The minimum Gasteiger partial charge on any atom is -0.508 e. The van der Waals surface area contributed by atoms with Gasteiger partial charge in [0, 0.05) is 24.1 Å². The van der Waals surface area contributed by atoms with E-state index in [1.54, 1.807) is 0 Å². The highest BCUT2D eigenvalue weighted by Crippen LogP contribution is 2.20.